The third-order valence-electron chi connectivity index (χ3n) is 2.58. The van der Waals surface area contributed by atoms with Crippen molar-refractivity contribution >= 4 is 49.2 Å². The molecule has 0 amide bonds. The average Bonchev–Trinajstić information content (AvgIpc) is 2.38. The normalized spacial score (nSPS) is 11.1. The van der Waals surface area contributed by atoms with Gasteiger partial charge >= 0.3 is 5.97 Å². The summed E-state index contributed by atoms with van der Waals surface area (Å²) in [6.07, 6.45) is 0. The van der Waals surface area contributed by atoms with Crippen molar-refractivity contribution in [2.75, 3.05) is 4.72 Å². The molecule has 0 saturated carbocycles. The SMILES string of the molecule is O=C(O)c1ccc(NS(=O)(=O)c2ccc(Br)cc2)cc1Cl. The lowest BCUT2D eigenvalue weighted by Gasteiger charge is -2.09. The van der Waals surface area contributed by atoms with Gasteiger partial charge in [0, 0.05) is 4.47 Å². The Balaban J connectivity index is 2.31. The maximum absolute atomic E-state index is 12.2. The van der Waals surface area contributed by atoms with E-state index >= 15 is 0 Å². The number of carboxylic acid groups (broad SMARTS) is 1. The monoisotopic (exact) mass is 389 g/mol. The Hall–Kier alpha value is -1.57. The fraction of sp³-hybridized carbons (Fsp3) is 0. The van der Waals surface area contributed by atoms with Crippen molar-refractivity contribution in [2.45, 2.75) is 4.90 Å². The van der Waals surface area contributed by atoms with Gasteiger partial charge in [-0.2, -0.15) is 0 Å². The standard InChI is InChI=1S/C13H9BrClNO4S/c14-8-1-4-10(5-2-8)21(19,20)16-9-3-6-11(13(17)18)12(15)7-9/h1-7,16H,(H,17,18). The van der Waals surface area contributed by atoms with E-state index in [2.05, 4.69) is 20.7 Å². The second-order valence-corrected chi connectivity index (χ2v) is 7.06. The van der Waals surface area contributed by atoms with Gasteiger partial charge in [-0.25, -0.2) is 13.2 Å². The minimum atomic E-state index is -3.76. The van der Waals surface area contributed by atoms with E-state index in [1.165, 1.54) is 30.3 Å². The van der Waals surface area contributed by atoms with Crippen molar-refractivity contribution in [1.29, 1.82) is 0 Å². The minimum absolute atomic E-state index is 0.0430. The van der Waals surface area contributed by atoms with Gasteiger partial charge in [-0.3, -0.25) is 4.72 Å². The average molecular weight is 391 g/mol. The quantitative estimate of drug-likeness (QED) is 0.835. The Labute approximate surface area is 134 Å². The number of rotatable bonds is 4. The number of carbonyl (C=O) groups is 1. The van der Waals surface area contributed by atoms with Crippen LogP contribution in [0.3, 0.4) is 0 Å². The third-order valence-corrected chi connectivity index (χ3v) is 4.81. The summed E-state index contributed by atoms with van der Waals surface area (Å²) in [6.45, 7) is 0. The van der Waals surface area contributed by atoms with Crippen LogP contribution >= 0.6 is 27.5 Å². The lowest BCUT2D eigenvalue weighted by atomic mass is 10.2. The largest absolute Gasteiger partial charge is 0.478 e. The van der Waals surface area contributed by atoms with Crippen molar-refractivity contribution in [2.24, 2.45) is 0 Å². The van der Waals surface area contributed by atoms with Gasteiger partial charge in [-0.15, -0.1) is 0 Å². The maximum Gasteiger partial charge on any atom is 0.337 e. The molecular weight excluding hydrogens is 382 g/mol. The zero-order chi connectivity index (χ0) is 15.6. The van der Waals surface area contributed by atoms with Crippen LogP contribution in [0.25, 0.3) is 0 Å². The predicted octanol–water partition coefficient (Wildman–Crippen LogP) is 3.60. The van der Waals surface area contributed by atoms with Crippen molar-refractivity contribution in [3.05, 3.63) is 57.5 Å². The first kappa shape index (κ1) is 15.8. The number of hydrogen-bond acceptors (Lipinski definition) is 3. The molecule has 2 rings (SSSR count). The third kappa shape index (κ3) is 3.75. The first-order valence-corrected chi connectivity index (χ1v) is 8.26. The van der Waals surface area contributed by atoms with Crippen LogP contribution in [0.4, 0.5) is 5.69 Å². The summed E-state index contributed by atoms with van der Waals surface area (Å²) in [5.41, 5.74) is 0.0937. The second-order valence-electron chi connectivity index (χ2n) is 4.06. The highest BCUT2D eigenvalue weighted by molar-refractivity contribution is 9.10. The number of nitrogens with one attached hydrogen (secondary N) is 1. The van der Waals surface area contributed by atoms with E-state index < -0.39 is 16.0 Å². The van der Waals surface area contributed by atoms with Gasteiger partial charge in [0.1, 0.15) is 0 Å². The molecule has 0 saturated heterocycles. The zero-order valence-electron chi connectivity index (χ0n) is 10.4. The van der Waals surface area contributed by atoms with Crippen molar-refractivity contribution in [3.8, 4) is 0 Å². The van der Waals surface area contributed by atoms with Crippen LogP contribution in [0, 0.1) is 0 Å². The molecule has 2 aromatic rings. The molecule has 2 aromatic carbocycles. The number of carboxylic acids is 1. The molecule has 0 bridgehead atoms. The highest BCUT2D eigenvalue weighted by Gasteiger charge is 2.15. The smallest absolute Gasteiger partial charge is 0.337 e. The van der Waals surface area contributed by atoms with Gasteiger partial charge in [0.25, 0.3) is 10.0 Å². The van der Waals surface area contributed by atoms with Gasteiger partial charge in [-0.1, -0.05) is 27.5 Å². The molecule has 0 spiro atoms. The van der Waals surface area contributed by atoms with Crippen molar-refractivity contribution in [3.63, 3.8) is 0 Å². The van der Waals surface area contributed by atoms with Gasteiger partial charge in [-0.05, 0) is 42.5 Å². The highest BCUT2D eigenvalue weighted by Crippen LogP contribution is 2.23. The van der Waals surface area contributed by atoms with E-state index in [1.54, 1.807) is 12.1 Å². The Morgan fingerprint density at radius 1 is 1.14 bits per heavy atom. The molecule has 2 N–H and O–H groups in total. The summed E-state index contributed by atoms with van der Waals surface area (Å²) >= 11 is 9.02. The lowest BCUT2D eigenvalue weighted by molar-refractivity contribution is 0.0697. The Morgan fingerprint density at radius 2 is 1.76 bits per heavy atom. The van der Waals surface area contributed by atoms with E-state index in [-0.39, 0.29) is 21.2 Å². The summed E-state index contributed by atoms with van der Waals surface area (Å²) in [7, 11) is -3.76. The van der Waals surface area contributed by atoms with Crippen molar-refractivity contribution in [1.82, 2.24) is 0 Å². The fourth-order valence-corrected chi connectivity index (χ4v) is 3.16. The summed E-state index contributed by atoms with van der Waals surface area (Å²) in [4.78, 5) is 10.9. The first-order valence-electron chi connectivity index (χ1n) is 5.61. The molecule has 5 nitrogen and oxygen atoms in total. The van der Waals surface area contributed by atoms with Crippen LogP contribution < -0.4 is 4.72 Å². The predicted molar refractivity (Wildman–Crippen MR) is 83.4 cm³/mol. The molecule has 0 aliphatic heterocycles. The molecule has 0 radical (unpaired) electrons. The van der Waals surface area contributed by atoms with Crippen LogP contribution in [0.1, 0.15) is 10.4 Å². The molecule has 0 fully saturated rings. The highest BCUT2D eigenvalue weighted by atomic mass is 79.9. The van der Waals surface area contributed by atoms with Crippen LogP contribution in [0.15, 0.2) is 51.8 Å². The summed E-state index contributed by atoms with van der Waals surface area (Å²) < 4.78 is 27.4. The summed E-state index contributed by atoms with van der Waals surface area (Å²) in [6, 6.07) is 9.93. The van der Waals surface area contributed by atoms with Crippen LogP contribution in [-0.4, -0.2) is 19.5 Å². The fourth-order valence-electron chi connectivity index (χ4n) is 1.58. The molecule has 0 aromatic heterocycles. The number of sulfonamides is 1. The molecule has 0 unspecified atom stereocenters. The molecule has 0 atom stereocenters. The number of hydrogen-bond donors (Lipinski definition) is 2. The van der Waals surface area contributed by atoms with E-state index in [1.807, 2.05) is 0 Å². The second kappa shape index (κ2) is 6.05. The molecule has 21 heavy (non-hydrogen) atoms. The Kier molecular flexibility index (Phi) is 4.55. The number of benzene rings is 2. The number of halogens is 2. The number of aromatic carboxylic acids is 1. The zero-order valence-corrected chi connectivity index (χ0v) is 13.5. The number of anilines is 1. The van der Waals surface area contributed by atoms with E-state index in [0.29, 0.717) is 0 Å². The van der Waals surface area contributed by atoms with E-state index in [0.717, 1.165) is 4.47 Å². The molecule has 110 valence electrons. The molecule has 8 heteroatoms. The Morgan fingerprint density at radius 3 is 2.29 bits per heavy atom. The van der Waals surface area contributed by atoms with Crippen molar-refractivity contribution < 1.29 is 18.3 Å². The molecule has 0 aliphatic rings. The minimum Gasteiger partial charge on any atom is -0.478 e. The van der Waals surface area contributed by atoms with E-state index in [9.17, 15) is 13.2 Å². The van der Waals surface area contributed by atoms with Gasteiger partial charge in [0.15, 0.2) is 0 Å². The summed E-state index contributed by atoms with van der Waals surface area (Å²) in [5, 5.41) is 8.82. The topological polar surface area (TPSA) is 83.5 Å². The molecular formula is C13H9BrClNO4S. The molecule has 0 aliphatic carbocycles. The van der Waals surface area contributed by atoms with Gasteiger partial charge < -0.3 is 5.11 Å². The Bertz CT molecular complexity index is 790. The van der Waals surface area contributed by atoms with Gasteiger partial charge in [0.2, 0.25) is 0 Å². The molecule has 0 heterocycles. The van der Waals surface area contributed by atoms with Crippen LogP contribution in [-0.2, 0) is 10.0 Å². The summed E-state index contributed by atoms with van der Waals surface area (Å²) in [5.74, 6) is -1.18. The van der Waals surface area contributed by atoms with E-state index in [4.69, 9.17) is 16.7 Å². The van der Waals surface area contributed by atoms with Crippen LogP contribution in [0.2, 0.25) is 5.02 Å². The van der Waals surface area contributed by atoms with Gasteiger partial charge in [0.05, 0.1) is 21.2 Å². The lowest BCUT2D eigenvalue weighted by Crippen LogP contribution is -2.13. The maximum atomic E-state index is 12.2. The van der Waals surface area contributed by atoms with Crippen LogP contribution in [0.5, 0.6) is 0 Å². The first-order chi connectivity index (χ1) is 9.79.